The molecule has 0 aliphatic heterocycles. The molecule has 0 saturated carbocycles. The Morgan fingerprint density at radius 3 is 1.44 bits per heavy atom. The molecular weight excluding hydrogens is 1090 g/mol. The molecule has 0 heterocycles. The number of amides is 2. The number of benzene rings is 2. The first-order chi connectivity index (χ1) is 40.9. The van der Waals surface area contributed by atoms with E-state index in [9.17, 15) is 9.59 Å². The van der Waals surface area contributed by atoms with Crippen LogP contribution >= 0.6 is 0 Å². The summed E-state index contributed by atoms with van der Waals surface area (Å²) in [5.74, 6) is 1.11. The number of rotatable bonds is 53. The third-order valence-electron chi connectivity index (χ3n) is 16.8. The quantitative estimate of drug-likeness (QED) is 0.0320. The Morgan fingerprint density at radius 1 is 0.506 bits per heavy atom. The standard InChI is InChI=1S/C67H117N3O15/c1-16-59(60(17-2)56-27-31-58(32-28-56)85-64(13,18-3)19-4)55-25-29-57(30-26-55)84-54(12)82-49-44-77-41-46-79-52(10)66(21-6,22-7)67(23-8,24-9)83-50-45-75-37-35-69-62(71)34-33-61(68)63(72)70-36-38-74-42-47-80-53(11)81-48-43-76-39-40-78-51-65(14,20-5)73-15/h25-32,52-54,61H,16-24,33-51,68H2,1-15H3,(H,69,71)(H,70,72). The Balaban J connectivity index is 1.63. The van der Waals surface area contributed by atoms with Crippen LogP contribution in [0.3, 0.4) is 0 Å². The summed E-state index contributed by atoms with van der Waals surface area (Å²) in [6, 6.07) is 16.0. The molecule has 0 radical (unpaired) electrons. The predicted molar refractivity (Wildman–Crippen MR) is 338 cm³/mol. The van der Waals surface area contributed by atoms with E-state index < -0.39 is 24.2 Å². The average Bonchev–Trinajstić information content (AvgIpc) is 3.68. The second-order valence-electron chi connectivity index (χ2n) is 22.1. The molecule has 18 nitrogen and oxygen atoms in total. The van der Waals surface area contributed by atoms with Gasteiger partial charge in [0.2, 0.25) is 11.8 Å². The monoisotopic (exact) mass is 1200 g/mol. The molecule has 0 aromatic heterocycles. The van der Waals surface area contributed by atoms with Gasteiger partial charge in [0.1, 0.15) is 17.1 Å². The summed E-state index contributed by atoms with van der Waals surface area (Å²) in [5, 5.41) is 5.61. The zero-order valence-electron chi connectivity index (χ0n) is 55.4. The van der Waals surface area contributed by atoms with Crippen LogP contribution in [0.15, 0.2) is 48.5 Å². The fourth-order valence-corrected chi connectivity index (χ4v) is 10.6. The maximum atomic E-state index is 12.6. The van der Waals surface area contributed by atoms with Crippen LogP contribution in [0.4, 0.5) is 0 Å². The van der Waals surface area contributed by atoms with Gasteiger partial charge in [-0.3, -0.25) is 9.59 Å². The molecule has 2 aromatic rings. The average molecular weight is 1200 g/mol. The number of carbonyl (C=O) groups excluding carboxylic acids is 2. The van der Waals surface area contributed by atoms with Crippen LogP contribution in [0, 0.1) is 5.41 Å². The molecule has 5 atom stereocenters. The highest BCUT2D eigenvalue weighted by molar-refractivity contribution is 5.91. The van der Waals surface area contributed by atoms with E-state index in [0.717, 1.165) is 69.3 Å². The fraction of sp³-hybridized carbons (Fsp3) is 0.761. The lowest BCUT2D eigenvalue weighted by Gasteiger charge is -2.52. The van der Waals surface area contributed by atoms with E-state index in [0.29, 0.717) is 106 Å². The number of nitrogens with one attached hydrogen (secondary N) is 2. The van der Waals surface area contributed by atoms with Crippen LogP contribution in [0.1, 0.15) is 179 Å². The molecule has 0 spiro atoms. The van der Waals surface area contributed by atoms with Gasteiger partial charge >= 0.3 is 0 Å². The summed E-state index contributed by atoms with van der Waals surface area (Å²) >= 11 is 0. The Morgan fingerprint density at radius 2 is 0.953 bits per heavy atom. The molecule has 0 saturated heterocycles. The number of methoxy groups -OCH3 is 1. The third kappa shape index (κ3) is 28.1. The molecule has 5 unspecified atom stereocenters. The first-order valence-corrected chi connectivity index (χ1v) is 32.0. The molecule has 4 N–H and O–H groups in total. The summed E-state index contributed by atoms with van der Waals surface area (Å²) in [7, 11) is 1.69. The number of ether oxygens (including phenoxy) is 13. The van der Waals surface area contributed by atoms with Crippen molar-refractivity contribution in [3.63, 3.8) is 0 Å². The zero-order chi connectivity index (χ0) is 63.0. The molecule has 2 amide bonds. The highest BCUT2D eigenvalue weighted by Gasteiger charge is 2.51. The molecule has 2 aromatic carbocycles. The summed E-state index contributed by atoms with van der Waals surface area (Å²) in [6.45, 7) is 36.3. The predicted octanol–water partition coefficient (Wildman–Crippen LogP) is 11.5. The largest absolute Gasteiger partial charge is 0.488 e. The Kier molecular flexibility index (Phi) is 39.9. The molecule has 85 heavy (non-hydrogen) atoms. The summed E-state index contributed by atoms with van der Waals surface area (Å²) < 4.78 is 77.0. The lowest BCUT2D eigenvalue weighted by Crippen LogP contribution is -2.56. The molecule has 490 valence electrons. The van der Waals surface area contributed by atoms with E-state index in [1.807, 2.05) is 32.9 Å². The molecule has 18 heteroatoms. The van der Waals surface area contributed by atoms with Gasteiger partial charge in [-0.05, 0) is 145 Å². The van der Waals surface area contributed by atoms with Gasteiger partial charge in [-0.2, -0.15) is 0 Å². The van der Waals surface area contributed by atoms with Crippen molar-refractivity contribution in [2.45, 2.75) is 209 Å². The number of hydrogen-bond acceptors (Lipinski definition) is 16. The SMILES string of the molecule is CCC(=C(CC)c1ccc(OC(C)(CC)CC)cc1)c1ccc(OC(C)OCCOCCOC(C)C(CC)(CC)C(CC)(CC)OCCOCCNC(=O)CCC(N)C(=O)NCCOCCOC(C)OCCOCCOCC(C)(CC)OC)cc1. The van der Waals surface area contributed by atoms with Crippen molar-refractivity contribution in [3.8, 4) is 11.5 Å². The lowest BCUT2D eigenvalue weighted by molar-refractivity contribution is -0.201. The van der Waals surface area contributed by atoms with E-state index in [2.05, 4.69) is 123 Å². The summed E-state index contributed by atoms with van der Waals surface area (Å²) in [4.78, 5) is 25.1. The molecule has 0 aliphatic rings. The molecule has 0 aliphatic carbocycles. The maximum Gasteiger partial charge on any atom is 0.237 e. The van der Waals surface area contributed by atoms with Crippen molar-refractivity contribution in [3.05, 3.63) is 59.7 Å². The minimum absolute atomic E-state index is 0.0931. The molecule has 0 bridgehead atoms. The second kappa shape index (κ2) is 43.8. The minimum atomic E-state index is -0.822. The van der Waals surface area contributed by atoms with E-state index in [1.54, 1.807) is 7.11 Å². The van der Waals surface area contributed by atoms with Crippen LogP contribution in [0.2, 0.25) is 0 Å². The van der Waals surface area contributed by atoms with Crippen molar-refractivity contribution >= 4 is 23.0 Å². The summed E-state index contributed by atoms with van der Waals surface area (Å²) in [5.41, 5.74) is 10.0. The van der Waals surface area contributed by atoms with Gasteiger partial charge in [0.25, 0.3) is 0 Å². The van der Waals surface area contributed by atoms with Crippen molar-refractivity contribution < 1.29 is 71.2 Å². The van der Waals surface area contributed by atoms with Crippen molar-refractivity contribution in [2.24, 2.45) is 11.1 Å². The topological polar surface area (TPSA) is 204 Å². The van der Waals surface area contributed by atoms with Gasteiger partial charge in [0.05, 0.1) is 122 Å². The number of carbonyl (C=O) groups is 2. The van der Waals surface area contributed by atoms with Gasteiger partial charge in [-0.25, -0.2) is 0 Å². The third-order valence-corrected chi connectivity index (χ3v) is 16.8. The van der Waals surface area contributed by atoms with Gasteiger partial charge in [-0.15, -0.1) is 0 Å². The van der Waals surface area contributed by atoms with E-state index in [-0.39, 0.29) is 53.9 Å². The lowest BCUT2D eigenvalue weighted by atomic mass is 9.62. The smallest absolute Gasteiger partial charge is 0.237 e. The van der Waals surface area contributed by atoms with Gasteiger partial charge in [0.15, 0.2) is 12.6 Å². The van der Waals surface area contributed by atoms with Crippen molar-refractivity contribution in [2.75, 3.05) is 119 Å². The maximum absolute atomic E-state index is 12.6. The van der Waals surface area contributed by atoms with E-state index in [1.165, 1.54) is 22.3 Å². The zero-order valence-corrected chi connectivity index (χ0v) is 55.4. The second-order valence-corrected chi connectivity index (χ2v) is 22.1. The van der Waals surface area contributed by atoms with Crippen molar-refractivity contribution in [1.29, 1.82) is 0 Å². The normalized spacial score (nSPS) is 14.7. The first-order valence-electron chi connectivity index (χ1n) is 32.0. The first kappa shape index (κ1) is 77.3. The molecular formula is C67H117N3O15. The molecule has 2 rings (SSSR count). The van der Waals surface area contributed by atoms with Gasteiger partial charge in [0, 0.05) is 32.0 Å². The highest BCUT2D eigenvalue weighted by Crippen LogP contribution is 2.49. The van der Waals surface area contributed by atoms with Crippen LogP contribution in [0.25, 0.3) is 11.1 Å². The fourth-order valence-electron chi connectivity index (χ4n) is 10.6. The van der Waals surface area contributed by atoms with E-state index >= 15 is 0 Å². The summed E-state index contributed by atoms with van der Waals surface area (Å²) in [6.07, 6.45) is 7.38. The Labute approximate surface area is 513 Å². The van der Waals surface area contributed by atoms with Gasteiger partial charge < -0.3 is 77.9 Å². The van der Waals surface area contributed by atoms with Crippen LogP contribution in [-0.4, -0.2) is 173 Å². The van der Waals surface area contributed by atoms with Crippen LogP contribution in [0.5, 0.6) is 11.5 Å². The minimum Gasteiger partial charge on any atom is -0.488 e. The van der Waals surface area contributed by atoms with E-state index in [4.69, 9.17) is 67.3 Å². The number of hydrogen-bond donors (Lipinski definition) is 3. The van der Waals surface area contributed by atoms with Crippen molar-refractivity contribution in [1.82, 2.24) is 10.6 Å². The van der Waals surface area contributed by atoms with Crippen LogP contribution in [-0.2, 0) is 61.7 Å². The Hall–Kier alpha value is -3.76. The van der Waals surface area contributed by atoms with Gasteiger partial charge in [-0.1, -0.05) is 86.6 Å². The molecule has 0 fully saturated rings. The Bertz CT molecular complexity index is 2060. The van der Waals surface area contributed by atoms with Crippen LogP contribution < -0.4 is 25.8 Å². The highest BCUT2D eigenvalue weighted by atomic mass is 16.7. The number of allylic oxidation sites excluding steroid dienone is 2. The number of nitrogens with two attached hydrogens (primary N) is 1.